The Bertz CT molecular complexity index is 432. The van der Waals surface area contributed by atoms with Crippen LogP contribution in [-0.4, -0.2) is 33.6 Å². The van der Waals surface area contributed by atoms with Gasteiger partial charge in [0.15, 0.2) is 0 Å². The molecule has 0 radical (unpaired) electrons. The van der Waals surface area contributed by atoms with Gasteiger partial charge in [0.2, 0.25) is 0 Å². The lowest BCUT2D eigenvalue weighted by Gasteiger charge is -2.26. The zero-order chi connectivity index (χ0) is 13.1. The van der Waals surface area contributed by atoms with Crippen molar-refractivity contribution in [3.8, 4) is 0 Å². The third-order valence-corrected chi connectivity index (χ3v) is 4.40. The molecule has 1 aliphatic heterocycles. The highest BCUT2D eigenvalue weighted by Gasteiger charge is 2.20. The van der Waals surface area contributed by atoms with Crippen molar-refractivity contribution in [1.29, 1.82) is 0 Å². The highest BCUT2D eigenvalue weighted by Crippen LogP contribution is 2.24. The molecule has 1 aromatic heterocycles. The van der Waals surface area contributed by atoms with Crippen LogP contribution in [0.3, 0.4) is 0 Å². The summed E-state index contributed by atoms with van der Waals surface area (Å²) in [6.45, 7) is 7.76. The summed E-state index contributed by atoms with van der Waals surface area (Å²) < 4.78 is 3.21. The third-order valence-electron chi connectivity index (χ3n) is 3.48. The molecule has 18 heavy (non-hydrogen) atoms. The molecule has 0 spiro atoms. The number of nitrogens with zero attached hydrogens (tertiary/aromatic N) is 3. The van der Waals surface area contributed by atoms with E-state index < -0.39 is 0 Å². The fourth-order valence-corrected chi connectivity index (χ4v) is 3.03. The van der Waals surface area contributed by atoms with Crippen LogP contribution in [0.15, 0.2) is 4.47 Å². The first kappa shape index (κ1) is 13.7. The van der Waals surface area contributed by atoms with Gasteiger partial charge in [-0.25, -0.2) is 0 Å². The lowest BCUT2D eigenvalue weighted by atomic mass is 10.1. The van der Waals surface area contributed by atoms with Crippen LogP contribution in [0, 0.1) is 0 Å². The Morgan fingerprint density at radius 2 is 1.94 bits per heavy atom. The highest BCUT2D eigenvalue weighted by molar-refractivity contribution is 9.10. The number of hydrogen-bond acceptors (Lipinski definition) is 3. The monoisotopic (exact) mass is 313 g/mol. The van der Waals surface area contributed by atoms with E-state index in [1.165, 1.54) is 5.69 Å². The number of halogens is 1. The van der Waals surface area contributed by atoms with Crippen molar-refractivity contribution in [2.75, 3.05) is 13.1 Å². The van der Waals surface area contributed by atoms with E-state index in [1.54, 1.807) is 0 Å². The Hall–Kier alpha value is -0.680. The van der Waals surface area contributed by atoms with E-state index in [2.05, 4.69) is 44.5 Å². The number of rotatable bonds is 4. The van der Waals surface area contributed by atoms with Crippen LogP contribution in [-0.2, 0) is 24.3 Å². The zero-order valence-electron chi connectivity index (χ0n) is 11.1. The first-order chi connectivity index (χ1) is 8.65. The lowest BCUT2D eigenvalue weighted by molar-refractivity contribution is -0.121. The van der Waals surface area contributed by atoms with Gasteiger partial charge in [0.25, 0.3) is 0 Å². The normalized spacial score (nSPS) is 17.4. The second kappa shape index (κ2) is 5.97. The van der Waals surface area contributed by atoms with Crippen LogP contribution < -0.4 is 0 Å². The SMILES string of the molecule is CCc1nn(CC)c(CN2CCC(=O)CC2)c1Br. The maximum absolute atomic E-state index is 11.2. The number of aromatic nitrogens is 2. The van der Waals surface area contributed by atoms with Gasteiger partial charge in [0, 0.05) is 39.0 Å². The Morgan fingerprint density at radius 1 is 1.28 bits per heavy atom. The molecule has 0 amide bonds. The molecule has 2 rings (SSSR count). The van der Waals surface area contributed by atoms with Crippen molar-refractivity contribution >= 4 is 21.7 Å². The largest absolute Gasteiger partial charge is 0.300 e. The predicted molar refractivity (Wildman–Crippen MR) is 74.5 cm³/mol. The second-order valence-electron chi connectivity index (χ2n) is 4.69. The van der Waals surface area contributed by atoms with Crippen LogP contribution in [0.25, 0.3) is 0 Å². The molecular weight excluding hydrogens is 294 g/mol. The minimum atomic E-state index is 0.392. The van der Waals surface area contributed by atoms with Crippen LogP contribution in [0.5, 0.6) is 0 Å². The number of hydrogen-bond donors (Lipinski definition) is 0. The third kappa shape index (κ3) is 2.83. The van der Waals surface area contributed by atoms with E-state index in [-0.39, 0.29) is 0 Å². The summed E-state index contributed by atoms with van der Waals surface area (Å²) >= 11 is 3.66. The minimum Gasteiger partial charge on any atom is -0.300 e. The number of ketones is 1. The summed E-state index contributed by atoms with van der Waals surface area (Å²) in [5.41, 5.74) is 2.36. The summed E-state index contributed by atoms with van der Waals surface area (Å²) in [4.78, 5) is 13.6. The van der Waals surface area contributed by atoms with Gasteiger partial charge in [-0.1, -0.05) is 6.92 Å². The van der Waals surface area contributed by atoms with Crippen LogP contribution in [0.1, 0.15) is 38.1 Å². The van der Waals surface area contributed by atoms with Crippen molar-refractivity contribution < 1.29 is 4.79 Å². The van der Waals surface area contributed by atoms with Gasteiger partial charge >= 0.3 is 0 Å². The van der Waals surface area contributed by atoms with E-state index in [9.17, 15) is 4.79 Å². The summed E-state index contributed by atoms with van der Waals surface area (Å²) in [6, 6.07) is 0. The number of carbonyl (C=O) groups is 1. The number of likely N-dealkylation sites (tertiary alicyclic amines) is 1. The Labute approximate surface area is 116 Å². The van der Waals surface area contributed by atoms with Gasteiger partial charge in [-0.2, -0.15) is 5.10 Å². The summed E-state index contributed by atoms with van der Waals surface area (Å²) in [5.74, 6) is 0.392. The van der Waals surface area contributed by atoms with Crippen molar-refractivity contribution in [2.45, 2.75) is 46.2 Å². The molecule has 100 valence electrons. The van der Waals surface area contributed by atoms with E-state index in [0.29, 0.717) is 18.6 Å². The Morgan fingerprint density at radius 3 is 2.50 bits per heavy atom. The van der Waals surface area contributed by atoms with Gasteiger partial charge in [0.1, 0.15) is 5.78 Å². The molecule has 1 aromatic rings. The number of aryl methyl sites for hydroxylation is 2. The molecule has 0 aromatic carbocycles. The average molecular weight is 314 g/mol. The highest BCUT2D eigenvalue weighted by atomic mass is 79.9. The number of piperidine rings is 1. The van der Waals surface area contributed by atoms with Crippen molar-refractivity contribution in [3.05, 3.63) is 15.9 Å². The maximum atomic E-state index is 11.2. The smallest absolute Gasteiger partial charge is 0.135 e. The lowest BCUT2D eigenvalue weighted by Crippen LogP contribution is -2.34. The zero-order valence-corrected chi connectivity index (χ0v) is 12.7. The van der Waals surface area contributed by atoms with E-state index in [4.69, 9.17) is 0 Å². The fourth-order valence-electron chi connectivity index (χ4n) is 2.34. The first-order valence-electron chi connectivity index (χ1n) is 6.63. The average Bonchev–Trinajstić information content (AvgIpc) is 2.69. The molecular formula is C13H20BrN3O. The Kier molecular flexibility index (Phi) is 4.56. The van der Waals surface area contributed by atoms with Crippen LogP contribution in [0.4, 0.5) is 0 Å². The molecule has 0 saturated carbocycles. The minimum absolute atomic E-state index is 0.392. The molecule has 2 heterocycles. The Balaban J connectivity index is 2.12. The molecule has 0 atom stereocenters. The van der Waals surface area contributed by atoms with Crippen LogP contribution in [0.2, 0.25) is 0 Å². The van der Waals surface area contributed by atoms with E-state index in [0.717, 1.165) is 42.8 Å². The summed E-state index contributed by atoms with van der Waals surface area (Å²) in [6.07, 6.45) is 2.33. The van der Waals surface area contributed by atoms with Gasteiger partial charge in [-0.05, 0) is 29.3 Å². The number of carbonyl (C=O) groups excluding carboxylic acids is 1. The molecule has 1 aliphatic rings. The van der Waals surface area contributed by atoms with Crippen molar-refractivity contribution in [2.24, 2.45) is 0 Å². The predicted octanol–water partition coefficient (Wildman–Crippen LogP) is 2.39. The molecule has 5 heteroatoms. The van der Waals surface area contributed by atoms with E-state index in [1.807, 2.05) is 0 Å². The first-order valence-corrected chi connectivity index (χ1v) is 7.43. The van der Waals surface area contributed by atoms with Gasteiger partial charge in [-0.3, -0.25) is 14.4 Å². The van der Waals surface area contributed by atoms with Crippen LogP contribution >= 0.6 is 15.9 Å². The topological polar surface area (TPSA) is 38.1 Å². The van der Waals surface area contributed by atoms with Gasteiger partial charge in [0.05, 0.1) is 15.9 Å². The fraction of sp³-hybridized carbons (Fsp3) is 0.692. The number of Topliss-reactive ketones (excluding diaryl/α,β-unsaturated/α-hetero) is 1. The maximum Gasteiger partial charge on any atom is 0.135 e. The van der Waals surface area contributed by atoms with Crippen molar-refractivity contribution in [3.63, 3.8) is 0 Å². The van der Waals surface area contributed by atoms with Gasteiger partial charge < -0.3 is 0 Å². The second-order valence-corrected chi connectivity index (χ2v) is 5.48. The molecule has 1 saturated heterocycles. The molecule has 1 fully saturated rings. The molecule has 0 bridgehead atoms. The molecule has 0 aliphatic carbocycles. The van der Waals surface area contributed by atoms with Gasteiger partial charge in [-0.15, -0.1) is 0 Å². The van der Waals surface area contributed by atoms with Crippen molar-refractivity contribution in [1.82, 2.24) is 14.7 Å². The molecule has 4 nitrogen and oxygen atoms in total. The quantitative estimate of drug-likeness (QED) is 0.856. The molecule has 0 N–H and O–H groups in total. The standard InChI is InChI=1S/C13H20BrN3O/c1-3-11-13(14)12(17(4-2)15-11)9-16-7-5-10(18)6-8-16/h3-9H2,1-2H3. The van der Waals surface area contributed by atoms with E-state index >= 15 is 0 Å². The summed E-state index contributed by atoms with van der Waals surface area (Å²) in [7, 11) is 0. The summed E-state index contributed by atoms with van der Waals surface area (Å²) in [5, 5.41) is 4.60. The molecule has 0 unspecified atom stereocenters.